The van der Waals surface area contributed by atoms with Gasteiger partial charge in [-0.05, 0) is 50.0 Å². The van der Waals surface area contributed by atoms with Crippen LogP contribution in [0.3, 0.4) is 0 Å². The van der Waals surface area contributed by atoms with E-state index in [2.05, 4.69) is 19.6 Å². The number of ether oxygens (including phenoxy) is 3. The van der Waals surface area contributed by atoms with Gasteiger partial charge in [0, 0.05) is 5.57 Å². The van der Waals surface area contributed by atoms with Gasteiger partial charge in [0.25, 0.3) is 0 Å². The number of aromatic hydroxyl groups is 1. The number of carbonyl (C=O) groups is 1. The van der Waals surface area contributed by atoms with Crippen molar-refractivity contribution in [2.75, 3.05) is 26.9 Å². The van der Waals surface area contributed by atoms with Gasteiger partial charge in [0.2, 0.25) is 0 Å². The van der Waals surface area contributed by atoms with Crippen LogP contribution in [0, 0.1) is 0 Å². The second-order valence-corrected chi connectivity index (χ2v) is 6.37. The van der Waals surface area contributed by atoms with Crippen LogP contribution in [0.2, 0.25) is 0 Å². The highest BCUT2D eigenvalue weighted by Gasteiger charge is 2.19. The Morgan fingerprint density at radius 2 is 2.00 bits per heavy atom. The molecule has 172 valence electrons. The lowest BCUT2D eigenvalue weighted by molar-refractivity contribution is 0.111. The van der Waals surface area contributed by atoms with Crippen LogP contribution in [-0.4, -0.2) is 38.3 Å². The molecule has 2 rings (SSSR count). The maximum Gasteiger partial charge on any atom is 0.157 e. The highest BCUT2D eigenvalue weighted by molar-refractivity contribution is 5.83. The number of benzene rings is 1. The molecule has 0 atom stereocenters. The third kappa shape index (κ3) is 9.26. The minimum absolute atomic E-state index is 0.0830. The first-order valence-corrected chi connectivity index (χ1v) is 10.7. The molecule has 0 fully saturated rings. The molecule has 0 aromatic heterocycles. The molecule has 1 aliphatic heterocycles. The zero-order chi connectivity index (χ0) is 23.6. The molecule has 0 saturated carbocycles. The van der Waals surface area contributed by atoms with Gasteiger partial charge in [-0.15, -0.1) is 6.58 Å². The van der Waals surface area contributed by atoms with Crippen molar-refractivity contribution in [1.29, 1.82) is 0 Å². The number of methoxy groups -OCH3 is 1. The van der Waals surface area contributed by atoms with Crippen LogP contribution < -0.4 is 4.74 Å². The van der Waals surface area contributed by atoms with Gasteiger partial charge in [-0.3, -0.25) is 4.79 Å². The number of hydrogen-bond donors (Lipinski definition) is 1. The lowest BCUT2D eigenvalue weighted by Crippen LogP contribution is -2.18. The Hall–Kier alpha value is -2.79. The third-order valence-corrected chi connectivity index (χ3v) is 4.32. The van der Waals surface area contributed by atoms with E-state index < -0.39 is 0 Å². The van der Waals surface area contributed by atoms with E-state index in [9.17, 15) is 9.90 Å². The van der Waals surface area contributed by atoms with Gasteiger partial charge in [0.15, 0.2) is 6.29 Å². The van der Waals surface area contributed by atoms with Crippen LogP contribution in [0.5, 0.6) is 11.5 Å². The van der Waals surface area contributed by atoms with E-state index in [0.29, 0.717) is 31.9 Å². The molecule has 0 amide bonds. The molecule has 0 radical (unpaired) electrons. The van der Waals surface area contributed by atoms with Crippen molar-refractivity contribution in [1.82, 2.24) is 0 Å². The Labute approximate surface area is 187 Å². The van der Waals surface area contributed by atoms with Crippen LogP contribution in [0.25, 0.3) is 0 Å². The molecular weight excluding hydrogens is 392 g/mol. The zero-order valence-corrected chi connectivity index (χ0v) is 19.9. The first-order valence-electron chi connectivity index (χ1n) is 10.7. The van der Waals surface area contributed by atoms with Gasteiger partial charge in [0.1, 0.15) is 18.1 Å². The van der Waals surface area contributed by atoms with Crippen molar-refractivity contribution < 1.29 is 24.1 Å². The van der Waals surface area contributed by atoms with Gasteiger partial charge in [-0.1, -0.05) is 45.1 Å². The fourth-order valence-corrected chi connectivity index (χ4v) is 2.77. The van der Waals surface area contributed by atoms with Crippen LogP contribution in [0.4, 0.5) is 0 Å². The molecule has 0 spiro atoms. The monoisotopic (exact) mass is 430 g/mol. The number of allylic oxidation sites excluding steroid dienone is 4. The van der Waals surface area contributed by atoms with Gasteiger partial charge in [-0.25, -0.2) is 0 Å². The van der Waals surface area contributed by atoms with Gasteiger partial charge < -0.3 is 19.3 Å². The molecule has 31 heavy (non-hydrogen) atoms. The summed E-state index contributed by atoms with van der Waals surface area (Å²) in [5.41, 5.74) is 3.31. The number of phenolic OH excluding ortho intramolecular Hbond substituents is 1. The highest BCUT2D eigenvalue weighted by Crippen LogP contribution is 2.29. The summed E-state index contributed by atoms with van der Waals surface area (Å²) in [7, 11) is 1.65. The number of carbonyl (C=O) groups excluding carboxylic acids is 1. The fourth-order valence-electron chi connectivity index (χ4n) is 2.77. The van der Waals surface area contributed by atoms with E-state index in [4.69, 9.17) is 14.2 Å². The normalized spacial score (nSPS) is 13.9. The Morgan fingerprint density at radius 3 is 2.58 bits per heavy atom. The van der Waals surface area contributed by atoms with Gasteiger partial charge in [0.05, 0.1) is 31.6 Å². The Kier molecular flexibility index (Phi) is 15.4. The molecule has 1 aromatic carbocycles. The number of aldehydes is 1. The maximum absolute atomic E-state index is 11.2. The number of phenols is 1. The van der Waals surface area contributed by atoms with Crippen molar-refractivity contribution >= 4 is 6.29 Å². The molecule has 5 heteroatoms. The summed E-state index contributed by atoms with van der Waals surface area (Å²) < 4.78 is 16.9. The van der Waals surface area contributed by atoms with E-state index in [-0.39, 0.29) is 11.3 Å². The van der Waals surface area contributed by atoms with Crippen LogP contribution >= 0.6 is 0 Å². The van der Waals surface area contributed by atoms with E-state index in [1.807, 2.05) is 33.8 Å². The molecule has 1 aromatic rings. The predicted molar refractivity (Wildman–Crippen MR) is 128 cm³/mol. The summed E-state index contributed by atoms with van der Waals surface area (Å²) in [5.74, 6) is 1.11. The van der Waals surface area contributed by atoms with Crippen LogP contribution in [0.15, 0.2) is 65.5 Å². The van der Waals surface area contributed by atoms with Crippen molar-refractivity contribution in [2.45, 2.75) is 47.5 Å². The molecule has 0 unspecified atom stereocenters. The number of hydrogen-bond acceptors (Lipinski definition) is 5. The average Bonchev–Trinajstić information content (AvgIpc) is 2.80. The minimum Gasteiger partial charge on any atom is -0.507 e. The molecule has 0 saturated heterocycles. The average molecular weight is 431 g/mol. The van der Waals surface area contributed by atoms with Crippen molar-refractivity contribution in [3.05, 3.63) is 71.0 Å². The van der Waals surface area contributed by atoms with E-state index in [0.717, 1.165) is 35.3 Å². The van der Waals surface area contributed by atoms with E-state index in [1.54, 1.807) is 25.3 Å². The summed E-state index contributed by atoms with van der Waals surface area (Å²) in [4.78, 5) is 11.2. The smallest absolute Gasteiger partial charge is 0.157 e. The Bertz CT molecular complexity index is 772. The van der Waals surface area contributed by atoms with Crippen molar-refractivity contribution in [3.63, 3.8) is 0 Å². The highest BCUT2D eigenvalue weighted by atomic mass is 16.5. The summed E-state index contributed by atoms with van der Waals surface area (Å²) in [6, 6.07) is 4.80. The lowest BCUT2D eigenvalue weighted by atomic mass is 9.95. The molecule has 0 aliphatic carbocycles. The molecule has 5 nitrogen and oxygen atoms in total. The molecule has 1 aliphatic rings. The minimum atomic E-state index is -0.0830. The van der Waals surface area contributed by atoms with Crippen LogP contribution in [-0.2, 0) is 9.47 Å². The summed E-state index contributed by atoms with van der Waals surface area (Å²) in [6.07, 6.45) is 8.15. The van der Waals surface area contributed by atoms with E-state index >= 15 is 0 Å². The maximum atomic E-state index is 11.2. The zero-order valence-electron chi connectivity index (χ0n) is 19.9. The van der Waals surface area contributed by atoms with Crippen molar-refractivity contribution in [3.8, 4) is 11.5 Å². The summed E-state index contributed by atoms with van der Waals surface area (Å²) >= 11 is 0. The third-order valence-electron chi connectivity index (χ3n) is 4.32. The van der Waals surface area contributed by atoms with Gasteiger partial charge >= 0.3 is 0 Å². The Morgan fingerprint density at radius 1 is 1.32 bits per heavy atom. The first kappa shape index (κ1) is 28.2. The SMILES string of the molecule is C=CC.CC.CC/C=C\C(C1=C(COc2cccc(O)c2C=O)CCOC1)=C(/C)OC. The predicted octanol–water partition coefficient (Wildman–Crippen LogP) is 6.41. The molecule has 1 heterocycles. The summed E-state index contributed by atoms with van der Waals surface area (Å²) in [6.45, 7) is 14.7. The molecular formula is C26H38O5. The lowest BCUT2D eigenvalue weighted by Gasteiger charge is -2.23. The van der Waals surface area contributed by atoms with Gasteiger partial charge in [-0.2, -0.15) is 0 Å². The molecule has 0 bridgehead atoms. The Balaban J connectivity index is 0.00000165. The van der Waals surface area contributed by atoms with Crippen LogP contribution in [0.1, 0.15) is 57.8 Å². The fraction of sp³-hybridized carbons (Fsp3) is 0.423. The topological polar surface area (TPSA) is 65.0 Å². The molecule has 1 N–H and O–H groups in total. The standard InChI is InChI=1S/C21H26O5.C3H6.C2H6/c1-4-5-7-17(15(2)24-3)19-14-25-11-10-16(19)13-26-21-9-6-8-20(23)18(21)12-22;1-3-2;1-2/h5-9,12,23H,4,10-11,13-14H2,1-3H3;3H,1H2,2H3;1-2H3/b7-5-,17-15-;;. The van der Waals surface area contributed by atoms with Crippen molar-refractivity contribution in [2.24, 2.45) is 0 Å². The second-order valence-electron chi connectivity index (χ2n) is 6.37. The van der Waals surface area contributed by atoms with E-state index in [1.165, 1.54) is 6.07 Å². The number of rotatable bonds is 8. The second kappa shape index (κ2) is 16.9. The first-order chi connectivity index (χ1) is 15.0. The largest absolute Gasteiger partial charge is 0.507 e. The summed E-state index contributed by atoms with van der Waals surface area (Å²) in [5, 5.41) is 9.79. The quantitative estimate of drug-likeness (QED) is 0.224.